The molecule has 1 atom stereocenters. The number of ether oxygens (including phenoxy) is 1. The highest BCUT2D eigenvalue weighted by Crippen LogP contribution is 2.28. The second-order valence-corrected chi connectivity index (χ2v) is 5.71. The Morgan fingerprint density at radius 2 is 2.32 bits per heavy atom. The number of carbonyl (C=O) groups is 1. The number of rotatable bonds is 6. The average molecular weight is 328 g/mol. The predicted molar refractivity (Wildman–Crippen MR) is 76.1 cm³/mol. The molecule has 1 fully saturated rings. The van der Waals surface area contributed by atoms with Crippen molar-refractivity contribution in [2.75, 3.05) is 6.61 Å². The van der Waals surface area contributed by atoms with Crippen LogP contribution in [0.4, 0.5) is 0 Å². The molecule has 0 bridgehead atoms. The number of aliphatic hydroxyl groups is 1. The van der Waals surface area contributed by atoms with Crippen LogP contribution in [0.2, 0.25) is 0 Å². The SMILES string of the molecule is C[C@H](O)c1ccc(Br)cc1OCCC(=O)NC1CC1. The summed E-state index contributed by atoms with van der Waals surface area (Å²) in [6, 6.07) is 5.86. The quantitative estimate of drug-likeness (QED) is 0.844. The van der Waals surface area contributed by atoms with E-state index in [1.807, 2.05) is 12.1 Å². The monoisotopic (exact) mass is 327 g/mol. The molecule has 1 aromatic rings. The summed E-state index contributed by atoms with van der Waals surface area (Å²) in [6.07, 6.45) is 1.92. The Bertz CT molecular complexity index is 458. The molecule has 1 amide bonds. The van der Waals surface area contributed by atoms with Crippen molar-refractivity contribution in [3.63, 3.8) is 0 Å². The first-order valence-corrected chi connectivity index (χ1v) is 7.25. The lowest BCUT2D eigenvalue weighted by atomic mass is 10.1. The van der Waals surface area contributed by atoms with Gasteiger partial charge < -0.3 is 15.2 Å². The largest absolute Gasteiger partial charge is 0.493 e. The molecule has 1 aliphatic carbocycles. The first-order valence-electron chi connectivity index (χ1n) is 6.46. The van der Waals surface area contributed by atoms with Gasteiger partial charge in [-0.2, -0.15) is 0 Å². The summed E-state index contributed by atoms with van der Waals surface area (Å²) < 4.78 is 6.48. The van der Waals surface area contributed by atoms with Crippen LogP contribution < -0.4 is 10.1 Å². The van der Waals surface area contributed by atoms with E-state index in [1.54, 1.807) is 13.0 Å². The minimum atomic E-state index is -0.594. The maximum absolute atomic E-state index is 11.5. The molecule has 1 aliphatic rings. The van der Waals surface area contributed by atoms with Crippen molar-refractivity contribution in [1.82, 2.24) is 5.32 Å². The lowest BCUT2D eigenvalue weighted by Gasteiger charge is -2.13. The molecule has 2 rings (SSSR count). The summed E-state index contributed by atoms with van der Waals surface area (Å²) in [5.41, 5.74) is 0.728. The van der Waals surface area contributed by atoms with Crippen molar-refractivity contribution in [2.45, 2.75) is 38.3 Å². The van der Waals surface area contributed by atoms with Gasteiger partial charge in [0.05, 0.1) is 19.1 Å². The van der Waals surface area contributed by atoms with Crippen molar-refractivity contribution in [1.29, 1.82) is 0 Å². The van der Waals surface area contributed by atoms with E-state index in [-0.39, 0.29) is 5.91 Å². The fraction of sp³-hybridized carbons (Fsp3) is 0.500. The summed E-state index contributed by atoms with van der Waals surface area (Å²) >= 11 is 3.37. The minimum Gasteiger partial charge on any atom is -0.493 e. The van der Waals surface area contributed by atoms with Crippen molar-refractivity contribution in [3.05, 3.63) is 28.2 Å². The second-order valence-electron chi connectivity index (χ2n) is 4.80. The van der Waals surface area contributed by atoms with Crippen LogP contribution in [0.5, 0.6) is 5.75 Å². The summed E-state index contributed by atoms with van der Waals surface area (Å²) in [5.74, 6) is 0.639. The summed E-state index contributed by atoms with van der Waals surface area (Å²) in [6.45, 7) is 2.00. The summed E-state index contributed by atoms with van der Waals surface area (Å²) in [7, 11) is 0. The third kappa shape index (κ3) is 4.51. The average Bonchev–Trinajstić information content (AvgIpc) is 3.12. The maximum atomic E-state index is 11.5. The van der Waals surface area contributed by atoms with Gasteiger partial charge in [-0.25, -0.2) is 0 Å². The van der Waals surface area contributed by atoms with Crippen LogP contribution in [0, 0.1) is 0 Å². The number of carbonyl (C=O) groups excluding carboxylic acids is 1. The number of hydrogen-bond acceptors (Lipinski definition) is 3. The highest BCUT2D eigenvalue weighted by Gasteiger charge is 2.22. The molecule has 19 heavy (non-hydrogen) atoms. The molecule has 0 aliphatic heterocycles. The zero-order valence-corrected chi connectivity index (χ0v) is 12.4. The highest BCUT2D eigenvalue weighted by molar-refractivity contribution is 9.10. The van der Waals surface area contributed by atoms with Crippen molar-refractivity contribution in [3.8, 4) is 5.75 Å². The van der Waals surface area contributed by atoms with Gasteiger partial charge in [0.2, 0.25) is 5.91 Å². The molecule has 1 aromatic carbocycles. The van der Waals surface area contributed by atoms with E-state index in [1.165, 1.54) is 0 Å². The topological polar surface area (TPSA) is 58.6 Å². The van der Waals surface area contributed by atoms with Gasteiger partial charge in [-0.05, 0) is 31.9 Å². The molecule has 104 valence electrons. The van der Waals surface area contributed by atoms with Crippen LogP contribution >= 0.6 is 15.9 Å². The van der Waals surface area contributed by atoms with Gasteiger partial charge in [0.1, 0.15) is 5.75 Å². The van der Waals surface area contributed by atoms with Gasteiger partial charge in [-0.3, -0.25) is 4.79 Å². The molecular formula is C14H18BrNO3. The van der Waals surface area contributed by atoms with Crippen molar-refractivity contribution in [2.24, 2.45) is 0 Å². The molecule has 0 aromatic heterocycles. The molecule has 4 nitrogen and oxygen atoms in total. The van der Waals surface area contributed by atoms with E-state index < -0.39 is 6.10 Å². The fourth-order valence-corrected chi connectivity index (χ4v) is 2.10. The minimum absolute atomic E-state index is 0.0242. The lowest BCUT2D eigenvalue weighted by Crippen LogP contribution is -2.26. The third-order valence-corrected chi connectivity index (χ3v) is 3.45. The molecule has 5 heteroatoms. The molecule has 0 heterocycles. The van der Waals surface area contributed by atoms with Crippen LogP contribution in [0.1, 0.15) is 37.9 Å². The number of benzene rings is 1. The fourth-order valence-electron chi connectivity index (χ4n) is 1.76. The zero-order chi connectivity index (χ0) is 13.8. The highest BCUT2D eigenvalue weighted by atomic mass is 79.9. The van der Waals surface area contributed by atoms with Gasteiger partial charge in [0.15, 0.2) is 0 Å². The Balaban J connectivity index is 1.87. The van der Waals surface area contributed by atoms with Gasteiger partial charge in [0.25, 0.3) is 0 Å². The first-order chi connectivity index (χ1) is 9.06. The van der Waals surface area contributed by atoms with Gasteiger partial charge in [0, 0.05) is 16.1 Å². The molecule has 1 saturated carbocycles. The predicted octanol–water partition coefficient (Wildman–Crippen LogP) is 2.55. The summed E-state index contributed by atoms with van der Waals surface area (Å²) in [5, 5.41) is 12.6. The van der Waals surface area contributed by atoms with Crippen LogP contribution in [0.3, 0.4) is 0 Å². The number of amides is 1. The number of hydrogen-bond donors (Lipinski definition) is 2. The van der Waals surface area contributed by atoms with Gasteiger partial charge >= 0.3 is 0 Å². The number of halogens is 1. The van der Waals surface area contributed by atoms with E-state index in [0.29, 0.717) is 24.8 Å². The summed E-state index contributed by atoms with van der Waals surface area (Å²) in [4.78, 5) is 11.5. The van der Waals surface area contributed by atoms with Crippen LogP contribution in [-0.2, 0) is 4.79 Å². The van der Waals surface area contributed by atoms with E-state index in [0.717, 1.165) is 22.9 Å². The number of aliphatic hydroxyl groups excluding tert-OH is 1. The van der Waals surface area contributed by atoms with Gasteiger partial charge in [-0.15, -0.1) is 0 Å². The zero-order valence-electron chi connectivity index (χ0n) is 10.9. The Hall–Kier alpha value is -1.07. The smallest absolute Gasteiger partial charge is 0.223 e. The second kappa shape index (κ2) is 6.39. The normalized spacial score (nSPS) is 15.9. The van der Waals surface area contributed by atoms with Crippen LogP contribution in [0.25, 0.3) is 0 Å². The van der Waals surface area contributed by atoms with E-state index in [4.69, 9.17) is 4.74 Å². The lowest BCUT2D eigenvalue weighted by molar-refractivity contribution is -0.121. The Morgan fingerprint density at radius 1 is 1.58 bits per heavy atom. The molecule has 0 saturated heterocycles. The molecular weight excluding hydrogens is 310 g/mol. The van der Waals surface area contributed by atoms with Crippen LogP contribution in [0.15, 0.2) is 22.7 Å². The van der Waals surface area contributed by atoms with E-state index >= 15 is 0 Å². The standard InChI is InChI=1S/C14H18BrNO3/c1-9(17)12-5-2-10(15)8-13(12)19-7-6-14(18)16-11-3-4-11/h2,5,8-9,11,17H,3-4,6-7H2,1H3,(H,16,18)/t9-/m0/s1. The van der Waals surface area contributed by atoms with E-state index in [9.17, 15) is 9.90 Å². The molecule has 0 spiro atoms. The third-order valence-electron chi connectivity index (χ3n) is 2.95. The Labute approximate surface area is 121 Å². The Morgan fingerprint density at radius 3 is 2.95 bits per heavy atom. The molecule has 0 unspecified atom stereocenters. The van der Waals surface area contributed by atoms with Crippen molar-refractivity contribution >= 4 is 21.8 Å². The maximum Gasteiger partial charge on any atom is 0.223 e. The van der Waals surface area contributed by atoms with Crippen LogP contribution in [-0.4, -0.2) is 23.7 Å². The first kappa shape index (κ1) is 14.3. The van der Waals surface area contributed by atoms with Gasteiger partial charge in [-0.1, -0.05) is 22.0 Å². The van der Waals surface area contributed by atoms with E-state index in [2.05, 4.69) is 21.2 Å². The molecule has 0 radical (unpaired) electrons. The Kier molecular flexibility index (Phi) is 4.82. The van der Waals surface area contributed by atoms with Crippen molar-refractivity contribution < 1.29 is 14.6 Å². The number of nitrogens with one attached hydrogen (secondary N) is 1. The molecule has 2 N–H and O–H groups in total.